The van der Waals surface area contributed by atoms with E-state index in [1.165, 1.54) is 11.8 Å². The third kappa shape index (κ3) is 1.78. The van der Waals surface area contributed by atoms with E-state index in [1.54, 1.807) is 17.9 Å². The predicted molar refractivity (Wildman–Crippen MR) is 67.0 cm³/mol. The van der Waals surface area contributed by atoms with Crippen molar-refractivity contribution in [3.8, 4) is 0 Å². The Labute approximate surface area is 91.4 Å². The molecule has 0 aliphatic carbocycles. The molecule has 14 heavy (non-hydrogen) atoms. The monoisotopic (exact) mass is 243 g/mol. The first-order valence-corrected chi connectivity index (χ1v) is 12.3. The first kappa shape index (κ1) is 10.3. The van der Waals surface area contributed by atoms with Crippen LogP contribution in [-0.2, 0) is 0 Å². The van der Waals surface area contributed by atoms with Gasteiger partial charge in [-0.15, -0.1) is 0 Å². The minimum atomic E-state index is -1.21. The summed E-state index contributed by atoms with van der Waals surface area (Å²) in [5, 5.41) is 1.15. The first-order chi connectivity index (χ1) is 6.41. The van der Waals surface area contributed by atoms with Crippen LogP contribution in [0.3, 0.4) is 0 Å². The first-order valence-electron chi connectivity index (χ1n) is 4.95. The summed E-state index contributed by atoms with van der Waals surface area (Å²) in [6.45, 7) is 9.89. The Morgan fingerprint density at radius 3 is 2.50 bits per heavy atom. The number of hydrogen-bond acceptors (Lipinski definition) is 4. The van der Waals surface area contributed by atoms with E-state index < -0.39 is 16.3 Å². The van der Waals surface area contributed by atoms with Crippen molar-refractivity contribution in [3.05, 3.63) is 6.33 Å². The molecule has 1 aliphatic heterocycles. The largest absolute Gasteiger partial charge is 0.376 e. The van der Waals surface area contributed by atoms with E-state index in [0.29, 0.717) is 0 Å². The molecule has 0 unspecified atom stereocenters. The van der Waals surface area contributed by atoms with Gasteiger partial charge in [-0.3, -0.25) is 0 Å². The Hall–Kier alpha value is -0.206. The summed E-state index contributed by atoms with van der Waals surface area (Å²) in [6.07, 6.45) is 2.96. The molecule has 0 atom stereocenters. The smallest absolute Gasteiger partial charge is 0.196 e. The Balaban J connectivity index is 2.29. The summed E-state index contributed by atoms with van der Waals surface area (Å²) in [4.78, 5) is 4.35. The molecule has 1 fully saturated rings. The van der Waals surface area contributed by atoms with Crippen LogP contribution in [-0.4, -0.2) is 31.8 Å². The van der Waals surface area contributed by atoms with Crippen LogP contribution in [0.5, 0.6) is 0 Å². The number of aromatic nitrogens is 2. The molecule has 3 nitrogen and oxygen atoms in total. The van der Waals surface area contributed by atoms with Crippen molar-refractivity contribution in [1.29, 1.82) is 0 Å². The van der Waals surface area contributed by atoms with Crippen molar-refractivity contribution >= 4 is 33.0 Å². The van der Waals surface area contributed by atoms with Gasteiger partial charge in [-0.1, -0.05) is 26.2 Å². The molecule has 2 heterocycles. The zero-order valence-corrected chi connectivity index (χ0v) is 12.1. The molecule has 0 bridgehead atoms. The van der Waals surface area contributed by atoms with Crippen molar-refractivity contribution in [3.63, 3.8) is 0 Å². The fourth-order valence-corrected chi connectivity index (χ4v) is 19.2. The van der Waals surface area contributed by atoms with E-state index in [2.05, 4.69) is 40.1 Å². The molecule has 0 spiro atoms. The minimum absolute atomic E-state index is 0.968. The summed E-state index contributed by atoms with van der Waals surface area (Å²) < 4.78 is 6.69. The van der Waals surface area contributed by atoms with Crippen molar-refractivity contribution < 1.29 is 0 Å². The van der Waals surface area contributed by atoms with Crippen LogP contribution in [0.25, 0.3) is 0 Å². The minimum Gasteiger partial charge on any atom is -0.376 e. The molecule has 1 aromatic heterocycles. The molecule has 0 saturated carbocycles. The molecule has 1 aliphatic rings. The van der Waals surface area contributed by atoms with E-state index in [0.717, 1.165) is 5.13 Å². The van der Waals surface area contributed by atoms with E-state index in [9.17, 15) is 0 Å². The van der Waals surface area contributed by atoms with Crippen LogP contribution in [0.15, 0.2) is 6.33 Å². The summed E-state index contributed by atoms with van der Waals surface area (Å²) >= 11 is 1.54. The summed E-state index contributed by atoms with van der Waals surface area (Å²) in [6, 6.07) is 0. The third-order valence-electron chi connectivity index (χ3n) is 2.81. The van der Waals surface area contributed by atoms with Gasteiger partial charge in [0.05, 0.1) is 8.07 Å². The second-order valence-electron chi connectivity index (χ2n) is 5.46. The average molecular weight is 243 g/mol. The fourth-order valence-electron chi connectivity index (χ4n) is 2.58. The lowest BCUT2D eigenvalue weighted by atomic mass is 11.1. The molecule has 0 radical (unpaired) electrons. The van der Waals surface area contributed by atoms with Crippen molar-refractivity contribution in [2.75, 3.05) is 10.7 Å². The number of rotatable bonds is 1. The van der Waals surface area contributed by atoms with E-state index in [4.69, 9.17) is 0 Å². The van der Waals surface area contributed by atoms with Crippen molar-refractivity contribution in [2.45, 2.75) is 31.9 Å². The van der Waals surface area contributed by atoms with E-state index in [1.807, 2.05) is 0 Å². The second kappa shape index (κ2) is 3.14. The molecule has 6 heteroatoms. The van der Waals surface area contributed by atoms with Crippen molar-refractivity contribution in [1.82, 2.24) is 9.36 Å². The van der Waals surface area contributed by atoms with Crippen LogP contribution in [0.4, 0.5) is 5.13 Å². The maximum atomic E-state index is 4.35. The molecule has 0 amide bonds. The summed E-state index contributed by atoms with van der Waals surface area (Å²) in [5.41, 5.74) is 1.49. The van der Waals surface area contributed by atoms with Gasteiger partial charge in [0, 0.05) is 17.7 Å². The van der Waals surface area contributed by atoms with E-state index in [-0.39, 0.29) is 0 Å². The SMILES string of the molecule is C[Si]1(C)CN(c2ncns2)[Si](C)(C)C1. The predicted octanol–water partition coefficient (Wildman–Crippen LogP) is 2.35. The van der Waals surface area contributed by atoms with Gasteiger partial charge in [0.15, 0.2) is 13.4 Å². The zero-order valence-electron chi connectivity index (χ0n) is 9.24. The lowest BCUT2D eigenvalue weighted by Crippen LogP contribution is -2.43. The number of nitrogens with zero attached hydrogens (tertiary/aromatic N) is 3. The highest BCUT2D eigenvalue weighted by Gasteiger charge is 2.46. The van der Waals surface area contributed by atoms with Crippen LogP contribution in [0.2, 0.25) is 31.9 Å². The van der Waals surface area contributed by atoms with Gasteiger partial charge in [-0.25, -0.2) is 4.98 Å². The lowest BCUT2D eigenvalue weighted by Gasteiger charge is -2.28. The highest BCUT2D eigenvalue weighted by Crippen LogP contribution is 2.36. The van der Waals surface area contributed by atoms with Gasteiger partial charge >= 0.3 is 0 Å². The number of anilines is 1. The Bertz CT molecular complexity index is 323. The average Bonchev–Trinajstić information content (AvgIpc) is 2.54. The van der Waals surface area contributed by atoms with Crippen LogP contribution < -0.4 is 4.57 Å². The van der Waals surface area contributed by atoms with Gasteiger partial charge < -0.3 is 4.57 Å². The second-order valence-corrected chi connectivity index (χ2v) is 16.4. The van der Waals surface area contributed by atoms with Gasteiger partial charge in [0.1, 0.15) is 6.33 Å². The standard InChI is InChI=1S/C8H17N3SSi2/c1-13(2)6-11(14(3,4)7-13)8-9-5-10-12-8/h5H,6-7H2,1-4H3. The van der Waals surface area contributed by atoms with Crippen molar-refractivity contribution in [2.24, 2.45) is 0 Å². The highest BCUT2D eigenvalue weighted by atomic mass is 32.1. The lowest BCUT2D eigenvalue weighted by molar-refractivity contribution is 1.17. The Kier molecular flexibility index (Phi) is 2.32. The maximum Gasteiger partial charge on any atom is 0.196 e. The van der Waals surface area contributed by atoms with Gasteiger partial charge in [-0.2, -0.15) is 4.37 Å². The van der Waals surface area contributed by atoms with E-state index >= 15 is 0 Å². The summed E-state index contributed by atoms with van der Waals surface area (Å²) in [7, 11) is -2.17. The van der Waals surface area contributed by atoms with Gasteiger partial charge in [-0.05, 0) is 5.67 Å². The molecule has 1 saturated heterocycles. The molecule has 0 N–H and O–H groups in total. The highest BCUT2D eigenvalue weighted by molar-refractivity contribution is 7.12. The van der Waals surface area contributed by atoms with Gasteiger partial charge in [0.25, 0.3) is 0 Å². The maximum absolute atomic E-state index is 4.35. The molecular weight excluding hydrogens is 226 g/mol. The quantitative estimate of drug-likeness (QED) is 0.709. The Morgan fingerprint density at radius 2 is 2.07 bits per heavy atom. The normalized spacial score (nSPS) is 24.1. The van der Waals surface area contributed by atoms with Crippen LogP contribution in [0, 0.1) is 0 Å². The fraction of sp³-hybridized carbons (Fsp3) is 0.750. The topological polar surface area (TPSA) is 29.0 Å². The Morgan fingerprint density at radius 1 is 1.36 bits per heavy atom. The molecule has 2 rings (SSSR count). The third-order valence-corrected chi connectivity index (χ3v) is 14.3. The van der Waals surface area contributed by atoms with Gasteiger partial charge in [0.2, 0.25) is 0 Å². The molecule has 0 aromatic carbocycles. The van der Waals surface area contributed by atoms with Crippen LogP contribution in [0.1, 0.15) is 0 Å². The van der Waals surface area contributed by atoms with Crippen LogP contribution >= 0.6 is 11.5 Å². The zero-order chi connectivity index (χ0) is 10.4. The molecule has 78 valence electrons. The molecule has 1 aromatic rings. The summed E-state index contributed by atoms with van der Waals surface area (Å²) in [5.74, 6) is 0. The number of hydrogen-bond donors (Lipinski definition) is 0. The molecular formula is C8H17N3SSi2.